The first-order valence-corrected chi connectivity index (χ1v) is 4.20. The number of rotatable bonds is 3. The van der Waals surface area contributed by atoms with Crippen LogP contribution in [0, 0.1) is 17.6 Å². The summed E-state index contributed by atoms with van der Waals surface area (Å²) in [4.78, 5) is 0. The smallest absolute Gasteiger partial charge is 0.162 e. The fraction of sp³-hybridized carbons (Fsp3) is 0.273. The highest BCUT2D eigenvalue weighted by Crippen LogP contribution is 2.15. The van der Waals surface area contributed by atoms with E-state index in [4.69, 9.17) is 0 Å². The van der Waals surface area contributed by atoms with E-state index in [0.717, 1.165) is 6.07 Å². The minimum Gasteiger partial charge on any atom is -0.204 e. The lowest BCUT2D eigenvalue weighted by Gasteiger charge is -2.06. The van der Waals surface area contributed by atoms with E-state index in [0.29, 0.717) is 12.0 Å². The maximum absolute atomic E-state index is 13.1. The summed E-state index contributed by atoms with van der Waals surface area (Å²) >= 11 is 0. The third-order valence-electron chi connectivity index (χ3n) is 1.98. The summed E-state index contributed by atoms with van der Waals surface area (Å²) in [6, 6.07) is 4.24. The predicted molar refractivity (Wildman–Crippen MR) is 49.4 cm³/mol. The summed E-state index contributed by atoms with van der Waals surface area (Å²) in [5.41, 5.74) is 0.410. The molecule has 0 radical (unpaired) electrons. The van der Waals surface area contributed by atoms with Crippen molar-refractivity contribution in [2.45, 2.75) is 13.3 Å². The van der Waals surface area contributed by atoms with Gasteiger partial charge in [-0.2, -0.15) is 0 Å². The van der Waals surface area contributed by atoms with Gasteiger partial charge in [0.2, 0.25) is 0 Å². The van der Waals surface area contributed by atoms with Crippen molar-refractivity contribution in [3.8, 4) is 0 Å². The molecule has 0 saturated carbocycles. The molecule has 0 aliphatic carbocycles. The Hall–Kier alpha value is -1.18. The molecular formula is C11H12F2. The molecule has 0 bridgehead atoms. The molecule has 0 fully saturated rings. The van der Waals surface area contributed by atoms with Crippen molar-refractivity contribution >= 4 is 0 Å². The fourth-order valence-electron chi connectivity index (χ4n) is 1.14. The standard InChI is InChI=1S/C11H12F2/c1-3-8(2)7-9-5-4-6-10(12)11(9)13/h3-6,8H,1,7H2,2H3. The Morgan fingerprint density at radius 1 is 1.46 bits per heavy atom. The molecule has 0 heterocycles. The first-order valence-electron chi connectivity index (χ1n) is 4.20. The van der Waals surface area contributed by atoms with Gasteiger partial charge in [-0.15, -0.1) is 6.58 Å². The van der Waals surface area contributed by atoms with Crippen molar-refractivity contribution < 1.29 is 8.78 Å². The number of halogens is 2. The Morgan fingerprint density at radius 3 is 2.77 bits per heavy atom. The molecule has 0 spiro atoms. The van der Waals surface area contributed by atoms with Crippen LogP contribution in [0.1, 0.15) is 12.5 Å². The van der Waals surface area contributed by atoms with Gasteiger partial charge >= 0.3 is 0 Å². The molecule has 13 heavy (non-hydrogen) atoms. The SMILES string of the molecule is C=CC(C)Cc1cccc(F)c1F. The van der Waals surface area contributed by atoms with Gasteiger partial charge < -0.3 is 0 Å². The van der Waals surface area contributed by atoms with Crippen molar-refractivity contribution in [2.75, 3.05) is 0 Å². The van der Waals surface area contributed by atoms with Gasteiger partial charge in [-0.3, -0.25) is 0 Å². The van der Waals surface area contributed by atoms with Crippen molar-refractivity contribution in [1.82, 2.24) is 0 Å². The molecular weight excluding hydrogens is 170 g/mol. The highest BCUT2D eigenvalue weighted by molar-refractivity contribution is 5.19. The Bertz CT molecular complexity index is 305. The summed E-state index contributed by atoms with van der Waals surface area (Å²) < 4.78 is 25.8. The van der Waals surface area contributed by atoms with Crippen LogP contribution in [0.25, 0.3) is 0 Å². The molecule has 2 heteroatoms. The molecule has 0 aromatic heterocycles. The van der Waals surface area contributed by atoms with Crippen LogP contribution in [0.4, 0.5) is 8.78 Å². The molecule has 1 unspecified atom stereocenters. The van der Waals surface area contributed by atoms with Gasteiger partial charge in [0.15, 0.2) is 11.6 Å². The van der Waals surface area contributed by atoms with Gasteiger partial charge in [0.25, 0.3) is 0 Å². The molecule has 0 nitrogen and oxygen atoms in total. The molecule has 0 aliphatic heterocycles. The van der Waals surface area contributed by atoms with E-state index in [9.17, 15) is 8.78 Å². The van der Waals surface area contributed by atoms with E-state index in [2.05, 4.69) is 6.58 Å². The Kier molecular flexibility index (Phi) is 3.18. The van der Waals surface area contributed by atoms with Crippen LogP contribution in [-0.2, 0) is 6.42 Å². The Labute approximate surface area is 76.9 Å². The number of allylic oxidation sites excluding steroid dienone is 1. The summed E-state index contributed by atoms with van der Waals surface area (Å²) in [6.07, 6.45) is 2.22. The summed E-state index contributed by atoms with van der Waals surface area (Å²) in [6.45, 7) is 5.51. The van der Waals surface area contributed by atoms with Crippen molar-refractivity contribution in [3.05, 3.63) is 48.1 Å². The van der Waals surface area contributed by atoms with Crippen LogP contribution in [0.3, 0.4) is 0 Å². The molecule has 70 valence electrons. The van der Waals surface area contributed by atoms with E-state index in [-0.39, 0.29) is 5.92 Å². The zero-order valence-corrected chi connectivity index (χ0v) is 7.56. The quantitative estimate of drug-likeness (QED) is 0.629. The average molecular weight is 182 g/mol. The van der Waals surface area contributed by atoms with Crippen LogP contribution in [0.5, 0.6) is 0 Å². The molecule has 1 aromatic rings. The van der Waals surface area contributed by atoms with E-state index >= 15 is 0 Å². The van der Waals surface area contributed by atoms with Crippen LogP contribution in [0.2, 0.25) is 0 Å². The summed E-state index contributed by atoms with van der Waals surface area (Å²) in [7, 11) is 0. The third-order valence-corrected chi connectivity index (χ3v) is 1.98. The zero-order chi connectivity index (χ0) is 9.84. The number of benzene rings is 1. The average Bonchev–Trinajstić information content (AvgIpc) is 2.13. The minimum absolute atomic E-state index is 0.163. The van der Waals surface area contributed by atoms with Crippen molar-refractivity contribution in [2.24, 2.45) is 5.92 Å². The van der Waals surface area contributed by atoms with Crippen molar-refractivity contribution in [1.29, 1.82) is 0 Å². The van der Waals surface area contributed by atoms with E-state index in [1.54, 1.807) is 12.1 Å². The molecule has 1 atom stereocenters. The van der Waals surface area contributed by atoms with Gasteiger partial charge in [-0.1, -0.05) is 25.1 Å². The second kappa shape index (κ2) is 4.17. The van der Waals surface area contributed by atoms with Crippen LogP contribution in [0.15, 0.2) is 30.9 Å². The maximum Gasteiger partial charge on any atom is 0.162 e. The van der Waals surface area contributed by atoms with E-state index < -0.39 is 11.6 Å². The summed E-state index contributed by atoms with van der Waals surface area (Å²) in [5.74, 6) is -1.36. The van der Waals surface area contributed by atoms with Crippen LogP contribution in [-0.4, -0.2) is 0 Å². The van der Waals surface area contributed by atoms with Gasteiger partial charge in [0.1, 0.15) is 0 Å². The van der Waals surface area contributed by atoms with Gasteiger partial charge in [0, 0.05) is 0 Å². The normalized spacial score (nSPS) is 12.5. The number of hydrogen-bond acceptors (Lipinski definition) is 0. The van der Waals surface area contributed by atoms with E-state index in [1.807, 2.05) is 6.92 Å². The molecule has 0 N–H and O–H groups in total. The third kappa shape index (κ3) is 2.38. The second-order valence-corrected chi connectivity index (χ2v) is 3.13. The largest absolute Gasteiger partial charge is 0.204 e. The van der Waals surface area contributed by atoms with E-state index in [1.165, 1.54) is 6.07 Å². The predicted octanol–water partition coefficient (Wildman–Crippen LogP) is 3.33. The van der Waals surface area contributed by atoms with Gasteiger partial charge in [0.05, 0.1) is 0 Å². The molecule has 0 saturated heterocycles. The lowest BCUT2D eigenvalue weighted by Crippen LogP contribution is -2.00. The lowest BCUT2D eigenvalue weighted by atomic mass is 10.0. The van der Waals surface area contributed by atoms with Gasteiger partial charge in [-0.25, -0.2) is 8.78 Å². The highest BCUT2D eigenvalue weighted by atomic mass is 19.2. The zero-order valence-electron chi connectivity index (χ0n) is 7.56. The van der Waals surface area contributed by atoms with Crippen molar-refractivity contribution in [3.63, 3.8) is 0 Å². The first-order chi connectivity index (χ1) is 6.15. The summed E-state index contributed by atoms with van der Waals surface area (Å²) in [5, 5.41) is 0. The topological polar surface area (TPSA) is 0 Å². The number of hydrogen-bond donors (Lipinski definition) is 0. The monoisotopic (exact) mass is 182 g/mol. The molecule has 1 rings (SSSR count). The minimum atomic E-state index is -0.784. The highest BCUT2D eigenvalue weighted by Gasteiger charge is 2.08. The van der Waals surface area contributed by atoms with Gasteiger partial charge in [-0.05, 0) is 24.0 Å². The van der Waals surface area contributed by atoms with Crippen LogP contribution < -0.4 is 0 Å². The first kappa shape index (κ1) is 9.90. The molecule has 0 amide bonds. The second-order valence-electron chi connectivity index (χ2n) is 3.13. The maximum atomic E-state index is 13.1. The molecule has 0 aliphatic rings. The Balaban J connectivity index is 2.88. The fourth-order valence-corrected chi connectivity index (χ4v) is 1.14. The Morgan fingerprint density at radius 2 is 2.15 bits per heavy atom. The lowest BCUT2D eigenvalue weighted by molar-refractivity contribution is 0.493. The van der Waals surface area contributed by atoms with Crippen LogP contribution >= 0.6 is 0 Å². The molecule has 1 aromatic carbocycles.